The number of nitrogens with zero attached hydrogens (tertiary/aromatic N) is 1. The van der Waals surface area contributed by atoms with E-state index in [1.165, 1.54) is 11.3 Å². The highest BCUT2D eigenvalue weighted by Gasteiger charge is 2.12. The van der Waals surface area contributed by atoms with Gasteiger partial charge < -0.3 is 5.11 Å². The van der Waals surface area contributed by atoms with Crippen molar-refractivity contribution in [3.05, 3.63) is 64.7 Å². The molecular formula is C18H15NO2S. The van der Waals surface area contributed by atoms with E-state index in [4.69, 9.17) is 0 Å². The Balaban J connectivity index is 2.07. The summed E-state index contributed by atoms with van der Waals surface area (Å²) in [4.78, 5) is 15.8. The first-order chi connectivity index (χ1) is 10.6. The molecule has 0 amide bonds. The third-order valence-corrected chi connectivity index (χ3v) is 4.41. The molecule has 0 unspecified atom stereocenters. The fraction of sp³-hybridized carbons (Fsp3) is 0.111. The lowest BCUT2D eigenvalue weighted by Gasteiger charge is -2.02. The van der Waals surface area contributed by atoms with Gasteiger partial charge in [-0.25, -0.2) is 4.98 Å². The highest BCUT2D eigenvalue weighted by atomic mass is 32.1. The number of carboxylic acid groups (broad SMARTS) is 1. The van der Waals surface area contributed by atoms with Gasteiger partial charge >= 0.3 is 5.97 Å². The number of aliphatic carboxylic acids is 1. The molecule has 1 N–H and O–H groups in total. The van der Waals surface area contributed by atoms with Gasteiger partial charge in [0.25, 0.3) is 0 Å². The molecule has 4 heteroatoms. The Hall–Kier alpha value is -2.46. The van der Waals surface area contributed by atoms with Crippen LogP contribution in [-0.4, -0.2) is 16.1 Å². The van der Waals surface area contributed by atoms with E-state index >= 15 is 0 Å². The van der Waals surface area contributed by atoms with Gasteiger partial charge in [0.15, 0.2) is 0 Å². The molecule has 0 fully saturated rings. The van der Waals surface area contributed by atoms with Crippen LogP contribution in [0.2, 0.25) is 0 Å². The van der Waals surface area contributed by atoms with Crippen LogP contribution in [0.3, 0.4) is 0 Å². The van der Waals surface area contributed by atoms with Gasteiger partial charge in [-0.2, -0.15) is 0 Å². The molecule has 3 rings (SSSR count). The highest BCUT2D eigenvalue weighted by Crippen LogP contribution is 2.30. The van der Waals surface area contributed by atoms with Crippen molar-refractivity contribution in [3.8, 4) is 0 Å². The van der Waals surface area contributed by atoms with Crippen molar-refractivity contribution < 1.29 is 9.90 Å². The summed E-state index contributed by atoms with van der Waals surface area (Å²) in [5, 5.41) is 9.96. The van der Waals surface area contributed by atoms with E-state index in [0.29, 0.717) is 0 Å². The van der Waals surface area contributed by atoms with Gasteiger partial charge in [-0.15, -0.1) is 11.3 Å². The third-order valence-electron chi connectivity index (χ3n) is 3.29. The van der Waals surface area contributed by atoms with E-state index in [1.54, 1.807) is 0 Å². The maximum Gasteiger partial charge on any atom is 0.307 e. The fourth-order valence-electron chi connectivity index (χ4n) is 2.32. The van der Waals surface area contributed by atoms with Crippen LogP contribution in [0.5, 0.6) is 0 Å². The van der Waals surface area contributed by atoms with Crippen molar-refractivity contribution >= 4 is 39.2 Å². The number of aromatic nitrogens is 1. The molecule has 0 spiro atoms. The molecule has 0 aliphatic rings. The molecule has 0 aliphatic carbocycles. The van der Waals surface area contributed by atoms with E-state index in [2.05, 4.69) is 4.98 Å². The number of carbonyl (C=O) groups is 1. The summed E-state index contributed by atoms with van der Waals surface area (Å²) < 4.78 is 1.07. The topological polar surface area (TPSA) is 50.2 Å². The van der Waals surface area contributed by atoms with Gasteiger partial charge in [0.1, 0.15) is 5.01 Å². The number of aryl methyl sites for hydroxylation is 1. The molecule has 3 nitrogen and oxygen atoms in total. The Kier molecular flexibility index (Phi) is 4.02. The van der Waals surface area contributed by atoms with Gasteiger partial charge in [-0.1, -0.05) is 42.0 Å². The van der Waals surface area contributed by atoms with E-state index in [1.807, 2.05) is 61.5 Å². The lowest BCUT2D eigenvalue weighted by Crippen LogP contribution is -1.97. The number of benzene rings is 2. The second-order valence-corrected chi connectivity index (χ2v) is 6.17. The number of thiazole rings is 1. The predicted octanol–water partition coefficient (Wildman–Crippen LogP) is 4.62. The first kappa shape index (κ1) is 14.5. The Bertz CT molecular complexity index is 831. The second-order valence-electron chi connectivity index (χ2n) is 5.14. The van der Waals surface area contributed by atoms with E-state index < -0.39 is 5.97 Å². The smallest absolute Gasteiger partial charge is 0.307 e. The summed E-state index contributed by atoms with van der Waals surface area (Å²) in [6.07, 6.45) is 1.88. The molecule has 2 aromatic carbocycles. The molecule has 22 heavy (non-hydrogen) atoms. The normalized spacial score (nSPS) is 11.8. The van der Waals surface area contributed by atoms with Crippen LogP contribution >= 0.6 is 11.3 Å². The average molecular weight is 309 g/mol. The maximum atomic E-state index is 11.2. The monoisotopic (exact) mass is 309 g/mol. The largest absolute Gasteiger partial charge is 0.481 e. The molecule has 0 atom stereocenters. The van der Waals surface area contributed by atoms with Crippen LogP contribution in [0.1, 0.15) is 22.6 Å². The second kappa shape index (κ2) is 6.12. The number of fused-ring (bicyclic) bond motifs is 1. The highest BCUT2D eigenvalue weighted by molar-refractivity contribution is 7.19. The Morgan fingerprint density at radius 2 is 2.05 bits per heavy atom. The Labute approximate surface area is 132 Å². The maximum absolute atomic E-state index is 11.2. The van der Waals surface area contributed by atoms with E-state index in [-0.39, 0.29) is 6.42 Å². The number of para-hydroxylation sites is 1. The van der Waals surface area contributed by atoms with Gasteiger partial charge in [-0.05, 0) is 36.3 Å². The Morgan fingerprint density at radius 1 is 1.23 bits per heavy atom. The van der Waals surface area contributed by atoms with Crippen molar-refractivity contribution in [2.45, 2.75) is 13.3 Å². The zero-order valence-electron chi connectivity index (χ0n) is 12.1. The lowest BCUT2D eigenvalue weighted by molar-refractivity contribution is -0.135. The van der Waals surface area contributed by atoms with Crippen LogP contribution in [0.4, 0.5) is 0 Å². The van der Waals surface area contributed by atoms with Crippen LogP contribution in [0.15, 0.2) is 48.5 Å². The minimum atomic E-state index is -0.849. The van der Waals surface area contributed by atoms with E-state index in [9.17, 15) is 9.90 Å². The average Bonchev–Trinajstić information content (AvgIpc) is 2.90. The minimum Gasteiger partial charge on any atom is -0.481 e. The molecular weight excluding hydrogens is 294 g/mol. The van der Waals surface area contributed by atoms with Crippen LogP contribution in [0.25, 0.3) is 21.9 Å². The third kappa shape index (κ3) is 3.23. The van der Waals surface area contributed by atoms with Crippen LogP contribution in [0, 0.1) is 6.92 Å². The molecule has 0 aliphatic heterocycles. The van der Waals surface area contributed by atoms with Gasteiger partial charge in [0, 0.05) is 0 Å². The van der Waals surface area contributed by atoms with E-state index in [0.717, 1.165) is 31.9 Å². The standard InChI is InChI=1S/C18H15NO2S/c1-12-5-4-6-13(9-12)10-14(11-17(20)21)18-19-15-7-2-3-8-16(15)22-18/h2-10H,11H2,1H3,(H,20,21). The fourth-order valence-corrected chi connectivity index (χ4v) is 3.30. The number of hydrogen-bond acceptors (Lipinski definition) is 3. The summed E-state index contributed by atoms with van der Waals surface area (Å²) in [6, 6.07) is 15.8. The predicted molar refractivity (Wildman–Crippen MR) is 90.9 cm³/mol. The minimum absolute atomic E-state index is 0.0340. The SMILES string of the molecule is Cc1cccc(C=C(CC(=O)O)c2nc3ccccc3s2)c1. The summed E-state index contributed by atoms with van der Waals surface area (Å²) in [7, 11) is 0. The number of carboxylic acids is 1. The first-order valence-corrected chi connectivity index (χ1v) is 7.78. The molecule has 110 valence electrons. The first-order valence-electron chi connectivity index (χ1n) is 6.97. The zero-order chi connectivity index (χ0) is 15.5. The summed E-state index contributed by atoms with van der Waals surface area (Å²) in [5.41, 5.74) is 3.78. The van der Waals surface area contributed by atoms with Crippen LogP contribution < -0.4 is 0 Å². The van der Waals surface area contributed by atoms with Crippen molar-refractivity contribution in [2.24, 2.45) is 0 Å². The summed E-state index contributed by atoms with van der Waals surface area (Å²) >= 11 is 1.53. The molecule has 0 radical (unpaired) electrons. The van der Waals surface area contributed by atoms with Gasteiger partial charge in [0.05, 0.1) is 16.6 Å². The lowest BCUT2D eigenvalue weighted by atomic mass is 10.1. The number of hydrogen-bond donors (Lipinski definition) is 1. The molecule has 0 saturated heterocycles. The van der Waals surface area contributed by atoms with Gasteiger partial charge in [-0.3, -0.25) is 4.79 Å². The number of rotatable bonds is 4. The quantitative estimate of drug-likeness (QED) is 0.765. The van der Waals surface area contributed by atoms with Crippen molar-refractivity contribution in [2.75, 3.05) is 0 Å². The molecule has 0 bridgehead atoms. The van der Waals surface area contributed by atoms with Gasteiger partial charge in [0.2, 0.25) is 0 Å². The zero-order valence-corrected chi connectivity index (χ0v) is 12.9. The van der Waals surface area contributed by atoms with Crippen molar-refractivity contribution in [3.63, 3.8) is 0 Å². The molecule has 1 aromatic heterocycles. The Morgan fingerprint density at radius 3 is 2.77 bits per heavy atom. The molecule has 0 saturated carbocycles. The summed E-state index contributed by atoms with van der Waals surface area (Å²) in [6.45, 7) is 2.02. The summed E-state index contributed by atoms with van der Waals surface area (Å²) in [5.74, 6) is -0.849. The van der Waals surface area contributed by atoms with Crippen molar-refractivity contribution in [1.29, 1.82) is 0 Å². The van der Waals surface area contributed by atoms with Crippen molar-refractivity contribution in [1.82, 2.24) is 4.98 Å². The molecule has 3 aromatic rings. The van der Waals surface area contributed by atoms with Crippen LogP contribution in [-0.2, 0) is 4.79 Å². The molecule has 1 heterocycles.